The van der Waals surface area contributed by atoms with E-state index in [1.54, 1.807) is 0 Å². The van der Waals surface area contributed by atoms with E-state index in [4.69, 9.17) is 22.1 Å². The highest BCUT2D eigenvalue weighted by atomic mass is 35.5. The normalized spacial score (nSPS) is 21.3. The van der Waals surface area contributed by atoms with Crippen molar-refractivity contribution in [3.63, 3.8) is 0 Å². The fourth-order valence-electron chi connectivity index (χ4n) is 3.35. The first-order valence-electron chi connectivity index (χ1n) is 8.44. The third-order valence-corrected chi connectivity index (χ3v) is 4.85. The predicted molar refractivity (Wildman–Crippen MR) is 99.7 cm³/mol. The quantitative estimate of drug-likeness (QED) is 0.727. The number of morpholine rings is 1. The van der Waals surface area contributed by atoms with Crippen LogP contribution in [0.25, 0.3) is 11.0 Å². The van der Waals surface area contributed by atoms with Crippen molar-refractivity contribution in [2.75, 3.05) is 25.4 Å². The second-order valence-corrected chi connectivity index (χ2v) is 6.87. The van der Waals surface area contributed by atoms with Crippen LogP contribution in [0, 0.1) is 0 Å². The van der Waals surface area contributed by atoms with Crippen LogP contribution in [0.1, 0.15) is 11.8 Å². The van der Waals surface area contributed by atoms with Crippen LogP contribution < -0.4 is 5.73 Å². The Morgan fingerprint density at radius 2 is 2.00 bits per heavy atom. The standard InChI is InChI=1S/C18H20ClN5O2/c19-13-3-1-12(2-4-13)7-23-8-14(10-25)26-16(9-23)24-6-5-15-17(20)21-11-22-18(15)24/h1-6,11,14,16,25H,7-10H2,(H2,20,21,22)/t14-,16+/m0/s1. The second-order valence-electron chi connectivity index (χ2n) is 6.44. The molecule has 1 fully saturated rings. The highest BCUT2D eigenvalue weighted by Gasteiger charge is 2.29. The van der Waals surface area contributed by atoms with Crippen molar-refractivity contribution in [2.24, 2.45) is 0 Å². The fraction of sp³-hybridized carbons (Fsp3) is 0.333. The van der Waals surface area contributed by atoms with Gasteiger partial charge in [0.25, 0.3) is 0 Å². The molecular formula is C18H20ClN5O2. The van der Waals surface area contributed by atoms with Crippen LogP contribution in [0.2, 0.25) is 5.02 Å². The van der Waals surface area contributed by atoms with Gasteiger partial charge in [0, 0.05) is 30.9 Å². The largest absolute Gasteiger partial charge is 0.394 e. The lowest BCUT2D eigenvalue weighted by Gasteiger charge is -2.38. The molecule has 26 heavy (non-hydrogen) atoms. The first kappa shape index (κ1) is 17.2. The molecule has 0 unspecified atom stereocenters. The molecule has 1 saturated heterocycles. The fourth-order valence-corrected chi connectivity index (χ4v) is 3.47. The number of aliphatic hydroxyl groups is 1. The van der Waals surface area contributed by atoms with E-state index in [1.807, 2.05) is 41.1 Å². The molecule has 3 aromatic rings. The summed E-state index contributed by atoms with van der Waals surface area (Å²) in [5, 5.41) is 11.2. The van der Waals surface area contributed by atoms with Crippen LogP contribution in [0.5, 0.6) is 0 Å². The molecule has 0 spiro atoms. The number of hydrogen-bond donors (Lipinski definition) is 2. The van der Waals surface area contributed by atoms with Crippen molar-refractivity contribution >= 4 is 28.5 Å². The van der Waals surface area contributed by atoms with Crippen LogP contribution in [0.4, 0.5) is 5.82 Å². The number of ether oxygens (including phenoxy) is 1. The maximum atomic E-state index is 9.66. The van der Waals surface area contributed by atoms with E-state index in [1.165, 1.54) is 6.33 Å². The van der Waals surface area contributed by atoms with Gasteiger partial charge in [0.2, 0.25) is 0 Å². The van der Waals surface area contributed by atoms with Crippen molar-refractivity contribution in [3.8, 4) is 0 Å². The van der Waals surface area contributed by atoms with Gasteiger partial charge in [0.1, 0.15) is 24.0 Å². The lowest BCUT2D eigenvalue weighted by Crippen LogP contribution is -2.46. The van der Waals surface area contributed by atoms with Crippen LogP contribution in [-0.4, -0.2) is 50.3 Å². The molecule has 1 aliphatic heterocycles. The lowest BCUT2D eigenvalue weighted by molar-refractivity contribution is -0.135. The molecule has 0 radical (unpaired) electrons. The summed E-state index contributed by atoms with van der Waals surface area (Å²) >= 11 is 5.97. The van der Waals surface area contributed by atoms with Crippen molar-refractivity contribution in [1.29, 1.82) is 0 Å². The molecule has 0 aliphatic carbocycles. The molecule has 2 atom stereocenters. The van der Waals surface area contributed by atoms with Gasteiger partial charge in [-0.25, -0.2) is 9.97 Å². The molecule has 1 aromatic carbocycles. The number of halogens is 1. The van der Waals surface area contributed by atoms with Crippen LogP contribution in [-0.2, 0) is 11.3 Å². The summed E-state index contributed by atoms with van der Waals surface area (Å²) in [5.74, 6) is 0.446. The highest BCUT2D eigenvalue weighted by Crippen LogP contribution is 2.27. The Bertz CT molecular complexity index is 898. The molecule has 0 bridgehead atoms. The molecular weight excluding hydrogens is 354 g/mol. The SMILES string of the molecule is Nc1ncnc2c1ccn2[C@H]1CN(Cc2ccc(Cl)cc2)C[C@@H](CO)O1. The van der Waals surface area contributed by atoms with Gasteiger partial charge in [0.05, 0.1) is 18.1 Å². The summed E-state index contributed by atoms with van der Waals surface area (Å²) in [7, 11) is 0. The van der Waals surface area contributed by atoms with Crippen LogP contribution >= 0.6 is 11.6 Å². The highest BCUT2D eigenvalue weighted by molar-refractivity contribution is 6.30. The number of hydrogen-bond acceptors (Lipinski definition) is 6. The monoisotopic (exact) mass is 373 g/mol. The molecule has 7 nitrogen and oxygen atoms in total. The molecule has 3 N–H and O–H groups in total. The van der Waals surface area contributed by atoms with E-state index in [0.717, 1.165) is 28.2 Å². The number of nitrogens with zero attached hydrogens (tertiary/aromatic N) is 4. The number of nitrogen functional groups attached to an aromatic ring is 1. The van der Waals surface area contributed by atoms with Crippen LogP contribution in [0.3, 0.4) is 0 Å². The molecule has 2 aromatic heterocycles. The zero-order valence-corrected chi connectivity index (χ0v) is 14.9. The number of anilines is 1. The molecule has 0 saturated carbocycles. The topological polar surface area (TPSA) is 89.4 Å². The molecule has 1 aliphatic rings. The second kappa shape index (κ2) is 7.20. The van der Waals surface area contributed by atoms with Crippen molar-refractivity contribution in [1.82, 2.24) is 19.4 Å². The minimum atomic E-state index is -0.266. The average molecular weight is 374 g/mol. The number of aliphatic hydroxyl groups excluding tert-OH is 1. The van der Waals surface area contributed by atoms with Crippen molar-refractivity contribution < 1.29 is 9.84 Å². The average Bonchev–Trinajstić information content (AvgIpc) is 3.09. The number of rotatable bonds is 4. The first-order chi connectivity index (χ1) is 12.6. The van der Waals surface area contributed by atoms with Gasteiger partial charge in [0.15, 0.2) is 0 Å². The van der Waals surface area contributed by atoms with E-state index in [9.17, 15) is 5.11 Å². The van der Waals surface area contributed by atoms with E-state index in [-0.39, 0.29) is 18.9 Å². The Balaban J connectivity index is 1.59. The van der Waals surface area contributed by atoms with Gasteiger partial charge in [-0.05, 0) is 23.8 Å². The molecule has 4 rings (SSSR count). The van der Waals surface area contributed by atoms with Gasteiger partial charge in [-0.15, -0.1) is 0 Å². The number of aromatic nitrogens is 3. The van der Waals surface area contributed by atoms with Gasteiger partial charge in [-0.2, -0.15) is 0 Å². The Morgan fingerprint density at radius 1 is 1.19 bits per heavy atom. The minimum absolute atomic E-state index is 0.0378. The van der Waals surface area contributed by atoms with Gasteiger partial charge in [-0.1, -0.05) is 23.7 Å². The predicted octanol–water partition coefficient (Wildman–Crippen LogP) is 2.06. The van der Waals surface area contributed by atoms with Crippen LogP contribution in [0.15, 0.2) is 42.9 Å². The van der Waals surface area contributed by atoms with E-state index >= 15 is 0 Å². The first-order valence-corrected chi connectivity index (χ1v) is 8.82. The lowest BCUT2D eigenvalue weighted by atomic mass is 10.2. The van der Waals surface area contributed by atoms with Gasteiger partial charge < -0.3 is 20.1 Å². The zero-order valence-electron chi connectivity index (χ0n) is 14.1. The van der Waals surface area contributed by atoms with E-state index < -0.39 is 0 Å². The minimum Gasteiger partial charge on any atom is -0.394 e. The maximum absolute atomic E-state index is 9.66. The van der Waals surface area contributed by atoms with E-state index in [2.05, 4.69) is 14.9 Å². The number of fused-ring (bicyclic) bond motifs is 1. The summed E-state index contributed by atoms with van der Waals surface area (Å²) in [4.78, 5) is 10.6. The number of nitrogens with two attached hydrogens (primary N) is 1. The maximum Gasteiger partial charge on any atom is 0.148 e. The molecule has 136 valence electrons. The summed E-state index contributed by atoms with van der Waals surface area (Å²) in [6, 6.07) is 9.69. The molecule has 8 heteroatoms. The molecule has 3 heterocycles. The smallest absolute Gasteiger partial charge is 0.148 e. The Kier molecular flexibility index (Phi) is 4.78. The van der Waals surface area contributed by atoms with Crippen molar-refractivity contribution in [3.05, 3.63) is 53.4 Å². The van der Waals surface area contributed by atoms with Gasteiger partial charge >= 0.3 is 0 Å². The third-order valence-electron chi connectivity index (χ3n) is 4.60. The van der Waals surface area contributed by atoms with E-state index in [0.29, 0.717) is 18.9 Å². The summed E-state index contributed by atoms with van der Waals surface area (Å²) in [5.41, 5.74) is 7.82. The Morgan fingerprint density at radius 3 is 2.77 bits per heavy atom. The summed E-state index contributed by atoms with van der Waals surface area (Å²) < 4.78 is 8.01. The third kappa shape index (κ3) is 3.39. The number of benzene rings is 1. The van der Waals surface area contributed by atoms with Gasteiger partial charge in [-0.3, -0.25) is 4.90 Å². The zero-order chi connectivity index (χ0) is 18.1. The van der Waals surface area contributed by atoms with Crippen molar-refractivity contribution in [2.45, 2.75) is 18.9 Å². The summed E-state index contributed by atoms with van der Waals surface area (Å²) in [6.07, 6.45) is 2.82. The molecule has 0 amide bonds. The summed E-state index contributed by atoms with van der Waals surface area (Å²) in [6.45, 7) is 2.05. The Labute approximate surface area is 156 Å². The Hall–Kier alpha value is -2.19.